The van der Waals surface area contributed by atoms with Gasteiger partial charge in [0.1, 0.15) is 0 Å². The molecule has 3 rings (SSSR count). The van der Waals surface area contributed by atoms with E-state index in [1.54, 1.807) is 6.07 Å². The van der Waals surface area contributed by atoms with Crippen LogP contribution in [0.4, 0.5) is 5.69 Å². The summed E-state index contributed by atoms with van der Waals surface area (Å²) in [6.07, 6.45) is 1.66. The van der Waals surface area contributed by atoms with Gasteiger partial charge in [0.15, 0.2) is 5.75 Å². The van der Waals surface area contributed by atoms with Crippen molar-refractivity contribution >= 4 is 27.5 Å². The summed E-state index contributed by atoms with van der Waals surface area (Å²) in [6.45, 7) is 4.13. The van der Waals surface area contributed by atoms with Crippen LogP contribution in [0.15, 0.2) is 46.9 Å². The Morgan fingerprint density at radius 3 is 2.57 bits per heavy atom. The summed E-state index contributed by atoms with van der Waals surface area (Å²) in [7, 11) is 0. The fraction of sp³-hybridized carbons (Fsp3) is 0.316. The third-order valence-corrected chi connectivity index (χ3v) is 5.31. The van der Waals surface area contributed by atoms with Crippen LogP contribution in [-0.4, -0.2) is 11.0 Å². The van der Waals surface area contributed by atoms with Crippen LogP contribution in [0, 0.1) is 12.8 Å². The van der Waals surface area contributed by atoms with E-state index in [1.165, 1.54) is 5.56 Å². The Labute approximate surface area is 144 Å². The monoisotopic (exact) mass is 373 g/mol. The number of carbonyl (C=O) groups excluding carboxylic acids is 1. The largest absolute Gasteiger partial charge is 0.505 e. The molecule has 0 spiro atoms. The molecular formula is C19H20BrNO2. The van der Waals surface area contributed by atoms with Crippen LogP contribution in [0.25, 0.3) is 0 Å². The lowest BCUT2D eigenvalue weighted by atomic mass is 9.59. The van der Waals surface area contributed by atoms with E-state index in [2.05, 4.69) is 40.3 Å². The molecule has 0 unspecified atom stereocenters. The van der Waals surface area contributed by atoms with E-state index in [-0.39, 0.29) is 23.0 Å². The fourth-order valence-electron chi connectivity index (χ4n) is 3.35. The highest BCUT2D eigenvalue weighted by atomic mass is 79.9. The summed E-state index contributed by atoms with van der Waals surface area (Å²) in [5.41, 5.74) is 2.80. The number of phenols is 1. The molecule has 2 aromatic carbocycles. The van der Waals surface area contributed by atoms with E-state index in [0.29, 0.717) is 10.2 Å². The average molecular weight is 374 g/mol. The van der Waals surface area contributed by atoms with Crippen LogP contribution in [0.5, 0.6) is 5.75 Å². The molecule has 0 aromatic heterocycles. The van der Waals surface area contributed by atoms with E-state index in [0.717, 1.165) is 18.4 Å². The molecule has 2 aromatic rings. The molecule has 1 aliphatic rings. The van der Waals surface area contributed by atoms with Gasteiger partial charge >= 0.3 is 0 Å². The van der Waals surface area contributed by atoms with Gasteiger partial charge in [0, 0.05) is 5.92 Å². The van der Waals surface area contributed by atoms with Crippen LogP contribution in [0.2, 0.25) is 0 Å². The molecule has 1 saturated carbocycles. The number of aromatic hydroxyl groups is 1. The molecule has 0 radical (unpaired) electrons. The van der Waals surface area contributed by atoms with Crippen molar-refractivity contribution in [3.8, 4) is 5.75 Å². The lowest BCUT2D eigenvalue weighted by molar-refractivity contribution is -0.124. The van der Waals surface area contributed by atoms with Crippen molar-refractivity contribution in [2.45, 2.75) is 32.1 Å². The fourth-order valence-corrected chi connectivity index (χ4v) is 3.93. The number of halogens is 1. The quantitative estimate of drug-likeness (QED) is 0.761. The second-order valence-corrected chi connectivity index (χ2v) is 7.52. The van der Waals surface area contributed by atoms with E-state index >= 15 is 0 Å². The summed E-state index contributed by atoms with van der Waals surface area (Å²) in [6, 6.07) is 13.9. The number of carbonyl (C=O) groups is 1. The Hall–Kier alpha value is -1.81. The second kappa shape index (κ2) is 6.00. The number of nitrogens with one attached hydrogen (secondary N) is 1. The number of phenolic OH excluding ortho intramolecular Hbond substituents is 1. The predicted octanol–water partition coefficient (Wildman–Crippen LogP) is 4.77. The summed E-state index contributed by atoms with van der Waals surface area (Å²) in [5.74, 6) is 0.0409. The van der Waals surface area contributed by atoms with Gasteiger partial charge in [-0.2, -0.15) is 0 Å². The summed E-state index contributed by atoms with van der Waals surface area (Å²) >= 11 is 3.30. The maximum absolute atomic E-state index is 12.5. The molecule has 1 amide bonds. The number of rotatable bonds is 3. The first-order chi connectivity index (χ1) is 10.9. The van der Waals surface area contributed by atoms with Gasteiger partial charge in [0.25, 0.3) is 0 Å². The second-order valence-electron chi connectivity index (χ2n) is 6.66. The molecule has 120 valence electrons. The van der Waals surface area contributed by atoms with E-state index in [4.69, 9.17) is 0 Å². The van der Waals surface area contributed by atoms with Gasteiger partial charge in [-0.1, -0.05) is 37.3 Å². The minimum atomic E-state index is -0.0220. The van der Waals surface area contributed by atoms with E-state index in [9.17, 15) is 9.90 Å². The molecule has 1 fully saturated rings. The molecule has 2 N–H and O–H groups in total. The van der Waals surface area contributed by atoms with Gasteiger partial charge in [-0.15, -0.1) is 0 Å². The SMILES string of the molecule is Cc1cc(Br)c(O)c(NC(=O)C2CC(C)(c3ccccc3)C2)c1. The smallest absolute Gasteiger partial charge is 0.227 e. The standard InChI is InChI=1S/C19H20BrNO2/c1-12-8-15(20)17(22)16(9-12)21-18(23)13-10-19(2,11-13)14-6-4-3-5-7-14/h3-9,13,22H,10-11H2,1-2H3,(H,21,23). The number of amides is 1. The normalized spacial score (nSPS) is 23.2. The molecule has 0 bridgehead atoms. The van der Waals surface area contributed by atoms with Crippen molar-refractivity contribution in [3.63, 3.8) is 0 Å². The Kier molecular flexibility index (Phi) is 4.19. The van der Waals surface area contributed by atoms with Crippen molar-refractivity contribution < 1.29 is 9.90 Å². The molecular weight excluding hydrogens is 354 g/mol. The summed E-state index contributed by atoms with van der Waals surface area (Å²) in [5, 5.41) is 12.9. The van der Waals surface area contributed by atoms with Gasteiger partial charge in [-0.25, -0.2) is 0 Å². The minimum Gasteiger partial charge on any atom is -0.505 e. The lowest BCUT2D eigenvalue weighted by Gasteiger charge is -2.45. The van der Waals surface area contributed by atoms with Crippen LogP contribution >= 0.6 is 15.9 Å². The van der Waals surface area contributed by atoms with Crippen molar-refractivity contribution in [1.82, 2.24) is 0 Å². The summed E-state index contributed by atoms with van der Waals surface area (Å²) in [4.78, 5) is 12.5. The van der Waals surface area contributed by atoms with Gasteiger partial charge in [0.05, 0.1) is 10.2 Å². The molecule has 0 heterocycles. The lowest BCUT2D eigenvalue weighted by Crippen LogP contribution is -2.44. The van der Waals surface area contributed by atoms with E-state index in [1.807, 2.05) is 31.2 Å². The van der Waals surface area contributed by atoms with Crippen LogP contribution in [0.1, 0.15) is 30.9 Å². The number of hydrogen-bond donors (Lipinski definition) is 2. The number of benzene rings is 2. The molecule has 23 heavy (non-hydrogen) atoms. The van der Waals surface area contributed by atoms with Crippen LogP contribution < -0.4 is 5.32 Å². The zero-order valence-electron chi connectivity index (χ0n) is 13.3. The maximum atomic E-state index is 12.5. The number of hydrogen-bond acceptors (Lipinski definition) is 2. The van der Waals surface area contributed by atoms with Gasteiger partial charge in [0.2, 0.25) is 5.91 Å². The highest BCUT2D eigenvalue weighted by Gasteiger charge is 2.44. The number of anilines is 1. The third kappa shape index (κ3) is 3.13. The first-order valence-electron chi connectivity index (χ1n) is 7.74. The predicted molar refractivity (Wildman–Crippen MR) is 95.7 cm³/mol. The molecule has 0 saturated heterocycles. The highest BCUT2D eigenvalue weighted by molar-refractivity contribution is 9.10. The third-order valence-electron chi connectivity index (χ3n) is 4.70. The zero-order valence-corrected chi connectivity index (χ0v) is 14.9. The maximum Gasteiger partial charge on any atom is 0.227 e. The molecule has 4 heteroatoms. The highest BCUT2D eigenvalue weighted by Crippen LogP contribution is 2.48. The molecule has 3 nitrogen and oxygen atoms in total. The zero-order chi connectivity index (χ0) is 16.6. The topological polar surface area (TPSA) is 49.3 Å². The first-order valence-corrected chi connectivity index (χ1v) is 8.54. The van der Waals surface area contributed by atoms with E-state index < -0.39 is 0 Å². The Morgan fingerprint density at radius 2 is 1.91 bits per heavy atom. The van der Waals surface area contributed by atoms with Crippen LogP contribution in [0.3, 0.4) is 0 Å². The van der Waals surface area contributed by atoms with Crippen LogP contribution in [-0.2, 0) is 10.2 Å². The van der Waals surface area contributed by atoms with Crippen molar-refractivity contribution in [2.75, 3.05) is 5.32 Å². The Morgan fingerprint density at radius 1 is 1.26 bits per heavy atom. The van der Waals surface area contributed by atoms with Gasteiger partial charge in [-0.3, -0.25) is 4.79 Å². The number of aryl methyl sites for hydroxylation is 1. The first kappa shape index (κ1) is 16.1. The Bertz CT molecular complexity index is 737. The van der Waals surface area contributed by atoms with Crippen molar-refractivity contribution in [3.05, 3.63) is 58.1 Å². The molecule has 1 aliphatic carbocycles. The Balaban J connectivity index is 1.68. The van der Waals surface area contributed by atoms with Crippen molar-refractivity contribution in [1.29, 1.82) is 0 Å². The van der Waals surface area contributed by atoms with Gasteiger partial charge in [-0.05, 0) is 64.4 Å². The minimum absolute atomic E-state index is 0.0149. The van der Waals surface area contributed by atoms with Crippen molar-refractivity contribution in [2.24, 2.45) is 5.92 Å². The summed E-state index contributed by atoms with van der Waals surface area (Å²) < 4.78 is 0.593. The average Bonchev–Trinajstić information content (AvgIpc) is 2.49. The molecule has 0 aliphatic heterocycles. The molecule has 0 atom stereocenters. The van der Waals surface area contributed by atoms with Gasteiger partial charge < -0.3 is 10.4 Å².